The van der Waals surface area contributed by atoms with E-state index in [0.29, 0.717) is 19.6 Å². The Morgan fingerprint density at radius 2 is 1.86 bits per heavy atom. The molecule has 0 unspecified atom stereocenters. The average molecular weight is 685 g/mol. The Labute approximate surface area is 281 Å². The second kappa shape index (κ2) is 12.6. The Morgan fingerprint density at radius 1 is 1.10 bits per heavy atom. The minimum atomic E-state index is -2.19. The molecule has 0 radical (unpaired) electrons. The van der Waals surface area contributed by atoms with Gasteiger partial charge in [-0.25, -0.2) is 0 Å². The van der Waals surface area contributed by atoms with Gasteiger partial charge >= 0.3 is 0 Å². The Morgan fingerprint density at radius 3 is 2.57 bits per heavy atom. The number of ether oxygens (including phenoxy) is 6. The van der Waals surface area contributed by atoms with Crippen LogP contribution in [0.5, 0.6) is 17.2 Å². The molecule has 4 N–H and O–H groups in total. The number of carbonyl (C=O) groups is 3. The average Bonchev–Trinajstić information content (AvgIpc) is 3.47. The van der Waals surface area contributed by atoms with Crippen LogP contribution in [0.1, 0.15) is 68.8 Å². The molecule has 3 aliphatic heterocycles. The highest BCUT2D eigenvalue weighted by Crippen LogP contribution is 2.53. The molecule has 7 rings (SSSR count). The predicted octanol–water partition coefficient (Wildman–Crippen LogP) is 0.601. The smallest absolute Gasteiger partial charge is 0.254 e. The summed E-state index contributed by atoms with van der Waals surface area (Å²) in [4.78, 5) is 44.8. The molecule has 0 saturated carbocycles. The minimum Gasteiger partial charge on any atom is -0.507 e. The summed E-state index contributed by atoms with van der Waals surface area (Å²) in [5.74, 6) is -3.38. The van der Waals surface area contributed by atoms with Gasteiger partial charge in [0.25, 0.3) is 5.91 Å². The maximum absolute atomic E-state index is 14.0. The number of phenolic OH excluding ortho intramolecular Hbond substituents is 2. The monoisotopic (exact) mass is 684 g/mol. The number of fused-ring (bicyclic) bond motifs is 6. The standard InChI is InChI=1S/C34H40N2O13/c1-15-30-18(36-9-11-46-32(45-4)31(36)49-30)12-21(47-15)48-20-14-34(43,33(42)35(2)8-10-37)13-17-23(20)29(41)25-24(27(17)39)26(38)16-6-5-7-19(44-3)22(16)28(25)40/h5-7,15,18,20-21,30-32,37,39,41,43H,8-14H2,1-4H3/t15-,18-,20-,21-,30+,31+,32-,34-/m0/s1. The third-order valence-electron chi connectivity index (χ3n) is 10.4. The zero-order valence-corrected chi connectivity index (χ0v) is 27.6. The van der Waals surface area contributed by atoms with Gasteiger partial charge < -0.3 is 53.7 Å². The van der Waals surface area contributed by atoms with Crippen molar-refractivity contribution in [1.29, 1.82) is 0 Å². The van der Waals surface area contributed by atoms with Crippen LogP contribution in [0.15, 0.2) is 18.2 Å². The second-order valence-electron chi connectivity index (χ2n) is 13.1. The molecule has 3 heterocycles. The molecule has 264 valence electrons. The molecule has 15 heteroatoms. The fourth-order valence-electron chi connectivity index (χ4n) is 8.10. The molecule has 2 aromatic carbocycles. The number of aliphatic hydroxyl groups excluding tert-OH is 1. The first kappa shape index (κ1) is 33.8. The van der Waals surface area contributed by atoms with E-state index in [9.17, 15) is 34.8 Å². The number of carbonyl (C=O) groups excluding carboxylic acids is 3. The Bertz CT molecular complexity index is 1700. The van der Waals surface area contributed by atoms with E-state index in [1.54, 1.807) is 7.11 Å². The van der Waals surface area contributed by atoms with Gasteiger partial charge in [0, 0.05) is 69.2 Å². The number of hydrogen-bond donors (Lipinski definition) is 4. The topological polar surface area (TPSA) is 194 Å². The molecule has 49 heavy (non-hydrogen) atoms. The van der Waals surface area contributed by atoms with Crippen molar-refractivity contribution in [1.82, 2.24) is 9.80 Å². The van der Waals surface area contributed by atoms with E-state index in [0.717, 1.165) is 4.90 Å². The Kier molecular flexibility index (Phi) is 8.68. The Balaban J connectivity index is 1.30. The summed E-state index contributed by atoms with van der Waals surface area (Å²) in [6.45, 7) is 2.39. The first-order valence-electron chi connectivity index (χ1n) is 16.3. The molecular weight excluding hydrogens is 644 g/mol. The zero-order valence-electron chi connectivity index (χ0n) is 27.6. The minimum absolute atomic E-state index is 0.0285. The van der Waals surface area contributed by atoms with Crippen molar-refractivity contribution in [2.24, 2.45) is 0 Å². The van der Waals surface area contributed by atoms with Crippen LogP contribution < -0.4 is 4.74 Å². The van der Waals surface area contributed by atoms with Gasteiger partial charge in [-0.15, -0.1) is 0 Å². The van der Waals surface area contributed by atoms with Crippen LogP contribution in [0.25, 0.3) is 0 Å². The number of benzene rings is 2. The summed E-state index contributed by atoms with van der Waals surface area (Å²) in [6, 6.07) is 4.29. The zero-order chi connectivity index (χ0) is 34.9. The molecule has 2 aromatic rings. The second-order valence-corrected chi connectivity index (χ2v) is 13.1. The van der Waals surface area contributed by atoms with E-state index < -0.39 is 89.6 Å². The van der Waals surface area contributed by atoms with Gasteiger partial charge in [0.1, 0.15) is 29.0 Å². The first-order valence-corrected chi connectivity index (χ1v) is 16.3. The molecule has 2 aliphatic carbocycles. The van der Waals surface area contributed by atoms with Crippen LogP contribution in [0.4, 0.5) is 0 Å². The van der Waals surface area contributed by atoms with E-state index in [1.807, 2.05) is 6.92 Å². The van der Waals surface area contributed by atoms with Gasteiger partial charge in [-0.05, 0) is 13.0 Å². The molecule has 15 nitrogen and oxygen atoms in total. The molecule has 0 bridgehead atoms. The maximum Gasteiger partial charge on any atom is 0.254 e. The van der Waals surface area contributed by atoms with Crippen molar-refractivity contribution in [3.8, 4) is 17.2 Å². The molecule has 1 amide bonds. The molecule has 0 aromatic heterocycles. The summed E-state index contributed by atoms with van der Waals surface area (Å²) in [6.07, 6.45) is -4.71. The third-order valence-corrected chi connectivity index (χ3v) is 10.4. The van der Waals surface area contributed by atoms with Gasteiger partial charge in [-0.1, -0.05) is 12.1 Å². The summed E-state index contributed by atoms with van der Waals surface area (Å²) < 4.78 is 35.6. The van der Waals surface area contributed by atoms with Crippen molar-refractivity contribution in [2.45, 2.75) is 74.9 Å². The van der Waals surface area contributed by atoms with E-state index in [2.05, 4.69) is 4.90 Å². The maximum atomic E-state index is 14.0. The fourth-order valence-corrected chi connectivity index (χ4v) is 8.10. The molecule has 0 spiro atoms. The van der Waals surface area contributed by atoms with Crippen molar-refractivity contribution >= 4 is 17.5 Å². The lowest BCUT2D eigenvalue weighted by molar-refractivity contribution is -0.256. The van der Waals surface area contributed by atoms with E-state index >= 15 is 0 Å². The number of methoxy groups -OCH3 is 2. The SMILES string of the molecule is COc1cccc2c1C(=O)c1c(O)c3c(c(O)c1C2=O)C[C@@](O)(C(=O)N(C)CCO)C[C@@H]3O[C@H]1C[C@H]2[C@H](O[C@@H]3[C@@H](OC)OCCN32)[C@H](C)O1. The number of amides is 1. The lowest BCUT2D eigenvalue weighted by atomic mass is 9.72. The normalized spacial score (nSPS) is 32.1. The van der Waals surface area contributed by atoms with Crippen LogP contribution in [0.3, 0.4) is 0 Å². The van der Waals surface area contributed by atoms with Crippen LogP contribution in [0, 0.1) is 0 Å². The van der Waals surface area contributed by atoms with Crippen molar-refractivity contribution < 1.29 is 63.2 Å². The lowest BCUT2D eigenvalue weighted by Crippen LogP contribution is -2.55. The largest absolute Gasteiger partial charge is 0.507 e. The van der Waals surface area contributed by atoms with E-state index in [4.69, 9.17) is 28.4 Å². The highest BCUT2D eigenvalue weighted by atomic mass is 16.7. The lowest BCUT2D eigenvalue weighted by Gasteiger charge is -2.44. The van der Waals surface area contributed by atoms with Crippen LogP contribution in [0.2, 0.25) is 0 Å². The summed E-state index contributed by atoms with van der Waals surface area (Å²) >= 11 is 0. The molecular formula is C34H40N2O13. The van der Waals surface area contributed by atoms with Gasteiger partial charge in [0.2, 0.25) is 5.78 Å². The van der Waals surface area contributed by atoms with Gasteiger partial charge in [0.15, 0.2) is 24.6 Å². The van der Waals surface area contributed by atoms with Gasteiger partial charge in [-0.2, -0.15) is 0 Å². The Hall–Kier alpha value is -3.67. The number of likely N-dealkylation sites (N-methyl/N-ethyl adjacent to an activating group) is 1. The van der Waals surface area contributed by atoms with Crippen LogP contribution in [-0.2, 0) is 34.9 Å². The molecule has 3 fully saturated rings. The number of phenols is 2. The highest BCUT2D eigenvalue weighted by molar-refractivity contribution is 6.31. The summed E-state index contributed by atoms with van der Waals surface area (Å²) in [5.41, 5.74) is -3.31. The number of ketones is 2. The van der Waals surface area contributed by atoms with Crippen molar-refractivity contribution in [2.75, 3.05) is 47.6 Å². The predicted molar refractivity (Wildman–Crippen MR) is 166 cm³/mol. The number of rotatable bonds is 7. The summed E-state index contributed by atoms with van der Waals surface area (Å²) in [7, 11) is 4.30. The van der Waals surface area contributed by atoms with Crippen LogP contribution in [-0.4, -0.2) is 138 Å². The first-order chi connectivity index (χ1) is 23.4. The molecule has 3 saturated heterocycles. The quantitative estimate of drug-likeness (QED) is 0.253. The van der Waals surface area contributed by atoms with Crippen molar-refractivity contribution in [3.63, 3.8) is 0 Å². The van der Waals surface area contributed by atoms with Gasteiger partial charge in [0.05, 0.1) is 49.2 Å². The number of hydrogen-bond acceptors (Lipinski definition) is 14. The van der Waals surface area contributed by atoms with E-state index in [-0.39, 0.29) is 53.3 Å². The number of aliphatic hydroxyl groups is 2. The highest BCUT2D eigenvalue weighted by Gasteiger charge is 2.55. The third kappa shape index (κ3) is 5.22. The number of aromatic hydroxyl groups is 2. The van der Waals surface area contributed by atoms with Crippen LogP contribution >= 0.6 is 0 Å². The van der Waals surface area contributed by atoms with Crippen molar-refractivity contribution in [3.05, 3.63) is 51.6 Å². The fraction of sp³-hybridized carbons (Fsp3) is 0.559. The number of nitrogens with zero attached hydrogens (tertiary/aromatic N) is 2. The van der Waals surface area contributed by atoms with Gasteiger partial charge in [-0.3, -0.25) is 19.3 Å². The summed E-state index contributed by atoms with van der Waals surface area (Å²) in [5, 5.41) is 45.1. The molecule has 5 aliphatic rings. The molecule has 8 atom stereocenters. The van der Waals surface area contributed by atoms with E-state index in [1.165, 1.54) is 32.4 Å². The number of morpholine rings is 1.